The summed E-state index contributed by atoms with van der Waals surface area (Å²) < 4.78 is 1.09. The van der Waals surface area contributed by atoms with Crippen LogP contribution in [0.25, 0.3) is 10.1 Å². The zero-order valence-corrected chi connectivity index (χ0v) is 7.95. The van der Waals surface area contributed by atoms with Crippen LogP contribution in [0, 0.1) is 0 Å². The maximum Gasteiger partial charge on any atom is 0.499 e. The predicted octanol–water partition coefficient (Wildman–Crippen LogP) is -0.131. The van der Waals surface area contributed by atoms with E-state index in [2.05, 4.69) is 0 Å². The van der Waals surface area contributed by atoms with Crippen LogP contribution in [0.15, 0.2) is 18.2 Å². The number of anilines is 1. The number of nitrogen functional groups attached to an aromatic ring is 1. The van der Waals surface area contributed by atoms with Crippen LogP contribution in [0.1, 0.15) is 0 Å². The van der Waals surface area contributed by atoms with E-state index in [1.807, 2.05) is 0 Å². The molecule has 1 heterocycles. The molecule has 0 radical (unpaired) electrons. The van der Waals surface area contributed by atoms with Gasteiger partial charge in [-0.15, -0.1) is 11.3 Å². The fourth-order valence-corrected chi connectivity index (χ4v) is 2.25. The van der Waals surface area contributed by atoms with E-state index in [1.54, 1.807) is 12.1 Å². The van der Waals surface area contributed by atoms with Gasteiger partial charge in [0.1, 0.15) is 5.75 Å². The van der Waals surface area contributed by atoms with Crippen LogP contribution in [-0.2, 0) is 0 Å². The summed E-state index contributed by atoms with van der Waals surface area (Å²) in [6.07, 6.45) is 0. The average molecular weight is 209 g/mol. The van der Waals surface area contributed by atoms with Gasteiger partial charge in [-0.3, -0.25) is 0 Å². The van der Waals surface area contributed by atoms with E-state index in [9.17, 15) is 5.11 Å². The largest absolute Gasteiger partial charge is 0.506 e. The standard InChI is InChI=1S/C8H8BNO3S/c10-7-5(11)2-1-4-3-6(9(12)13)14-8(4)7/h1-3,11-13H,10H2. The molecule has 1 aromatic heterocycles. The molecule has 0 unspecified atom stereocenters. The Morgan fingerprint density at radius 3 is 2.64 bits per heavy atom. The van der Waals surface area contributed by atoms with Crippen LogP contribution in [0.3, 0.4) is 0 Å². The van der Waals surface area contributed by atoms with Gasteiger partial charge in [0.15, 0.2) is 0 Å². The highest BCUT2D eigenvalue weighted by Gasteiger charge is 2.16. The summed E-state index contributed by atoms with van der Waals surface area (Å²) in [5, 5.41) is 28.0. The van der Waals surface area contributed by atoms with E-state index in [1.165, 1.54) is 6.07 Å². The van der Waals surface area contributed by atoms with Crippen molar-refractivity contribution in [2.24, 2.45) is 0 Å². The Morgan fingerprint density at radius 1 is 1.29 bits per heavy atom. The first kappa shape index (κ1) is 9.33. The first-order valence-corrected chi connectivity index (χ1v) is 4.78. The van der Waals surface area contributed by atoms with Gasteiger partial charge in [0, 0.05) is 4.78 Å². The Morgan fingerprint density at radius 2 is 2.00 bits per heavy atom. The van der Waals surface area contributed by atoms with E-state index in [0.29, 0.717) is 9.48 Å². The number of aromatic hydroxyl groups is 1. The third-order valence-electron chi connectivity index (χ3n) is 1.98. The molecule has 0 aliphatic heterocycles. The molecule has 0 fully saturated rings. The minimum atomic E-state index is -1.49. The summed E-state index contributed by atoms with van der Waals surface area (Å²) in [4.78, 5) is 0. The van der Waals surface area contributed by atoms with E-state index >= 15 is 0 Å². The van der Waals surface area contributed by atoms with Crippen LogP contribution in [0.4, 0.5) is 5.69 Å². The quantitative estimate of drug-likeness (QED) is 0.299. The van der Waals surface area contributed by atoms with Crippen LogP contribution >= 0.6 is 11.3 Å². The number of nitrogens with two attached hydrogens (primary N) is 1. The van der Waals surface area contributed by atoms with E-state index in [0.717, 1.165) is 16.7 Å². The monoisotopic (exact) mass is 209 g/mol. The highest BCUT2D eigenvalue weighted by Crippen LogP contribution is 2.32. The molecule has 0 aliphatic carbocycles. The zero-order chi connectivity index (χ0) is 10.3. The normalized spacial score (nSPS) is 10.7. The molecule has 0 atom stereocenters. The molecule has 14 heavy (non-hydrogen) atoms. The Hall–Kier alpha value is -1.24. The minimum Gasteiger partial charge on any atom is -0.506 e. The number of hydrogen-bond donors (Lipinski definition) is 4. The smallest absolute Gasteiger partial charge is 0.499 e. The van der Waals surface area contributed by atoms with Crippen LogP contribution in [0.2, 0.25) is 0 Å². The summed E-state index contributed by atoms with van der Waals surface area (Å²) in [5.41, 5.74) is 5.91. The van der Waals surface area contributed by atoms with Crippen molar-refractivity contribution in [1.82, 2.24) is 0 Å². The molecule has 0 spiro atoms. The lowest BCUT2D eigenvalue weighted by Gasteiger charge is -1.97. The van der Waals surface area contributed by atoms with Gasteiger partial charge >= 0.3 is 7.12 Å². The second-order valence-corrected chi connectivity index (χ2v) is 4.02. The second kappa shape index (κ2) is 3.16. The van der Waals surface area contributed by atoms with Gasteiger partial charge in [0.2, 0.25) is 0 Å². The predicted molar refractivity (Wildman–Crippen MR) is 57.7 cm³/mol. The van der Waals surface area contributed by atoms with E-state index in [-0.39, 0.29) is 11.4 Å². The Balaban J connectivity index is 2.71. The van der Waals surface area contributed by atoms with Crippen molar-refractivity contribution in [3.63, 3.8) is 0 Å². The highest BCUT2D eigenvalue weighted by atomic mass is 32.1. The lowest BCUT2D eigenvalue weighted by molar-refractivity contribution is 0.427. The topological polar surface area (TPSA) is 86.7 Å². The molecular weight excluding hydrogens is 201 g/mol. The molecular formula is C8H8BNO3S. The Bertz CT molecular complexity index is 483. The number of phenolic OH excluding ortho intramolecular Hbond substituents is 1. The van der Waals surface area contributed by atoms with Gasteiger partial charge in [-0.05, 0) is 23.6 Å². The van der Waals surface area contributed by atoms with Crippen LogP contribution in [0.5, 0.6) is 5.75 Å². The summed E-state index contributed by atoms with van der Waals surface area (Å²) in [5.74, 6) is 0.0123. The Kier molecular flexibility index (Phi) is 2.11. The first-order chi connectivity index (χ1) is 6.59. The number of fused-ring (bicyclic) bond motifs is 1. The summed E-state index contributed by atoms with van der Waals surface area (Å²) in [6.45, 7) is 0. The summed E-state index contributed by atoms with van der Waals surface area (Å²) >= 11 is 1.16. The maximum absolute atomic E-state index is 9.32. The van der Waals surface area contributed by atoms with E-state index < -0.39 is 7.12 Å². The third kappa shape index (κ3) is 1.33. The van der Waals surface area contributed by atoms with Crippen molar-refractivity contribution >= 4 is 39.0 Å². The van der Waals surface area contributed by atoms with Crippen LogP contribution < -0.4 is 10.5 Å². The second-order valence-electron chi connectivity index (χ2n) is 2.94. The van der Waals surface area contributed by atoms with Crippen molar-refractivity contribution in [1.29, 1.82) is 0 Å². The van der Waals surface area contributed by atoms with Gasteiger partial charge in [-0.2, -0.15) is 0 Å². The van der Waals surface area contributed by atoms with Crippen LogP contribution in [-0.4, -0.2) is 22.3 Å². The molecule has 0 saturated carbocycles. The van der Waals surface area contributed by atoms with Crippen molar-refractivity contribution < 1.29 is 15.2 Å². The maximum atomic E-state index is 9.32. The Labute approximate surface area is 84.4 Å². The van der Waals surface area contributed by atoms with Gasteiger partial charge in [-0.25, -0.2) is 0 Å². The molecule has 0 bridgehead atoms. The number of benzene rings is 1. The number of thiophene rings is 1. The summed E-state index contributed by atoms with van der Waals surface area (Å²) in [7, 11) is -1.49. The highest BCUT2D eigenvalue weighted by molar-refractivity contribution is 7.28. The minimum absolute atomic E-state index is 0.0123. The number of rotatable bonds is 1. The number of phenols is 1. The molecule has 2 rings (SSSR count). The van der Waals surface area contributed by atoms with Gasteiger partial charge in [-0.1, -0.05) is 0 Å². The molecule has 0 amide bonds. The third-order valence-corrected chi connectivity index (χ3v) is 3.20. The number of hydrogen-bond acceptors (Lipinski definition) is 5. The lowest BCUT2D eigenvalue weighted by Crippen LogP contribution is -2.26. The summed E-state index contributed by atoms with van der Waals surface area (Å²) in [6, 6.07) is 4.81. The molecule has 72 valence electrons. The lowest BCUT2D eigenvalue weighted by atomic mass is 9.89. The molecule has 1 aromatic carbocycles. The van der Waals surface area contributed by atoms with Crippen molar-refractivity contribution in [2.45, 2.75) is 0 Å². The molecule has 2 aromatic rings. The van der Waals surface area contributed by atoms with Gasteiger partial charge < -0.3 is 20.9 Å². The molecule has 0 aliphatic rings. The molecule has 0 saturated heterocycles. The first-order valence-electron chi connectivity index (χ1n) is 3.96. The average Bonchev–Trinajstić information content (AvgIpc) is 2.56. The fourth-order valence-electron chi connectivity index (χ4n) is 1.26. The van der Waals surface area contributed by atoms with Gasteiger partial charge in [0.25, 0.3) is 0 Å². The fraction of sp³-hybridized carbons (Fsp3) is 0. The molecule has 6 heteroatoms. The van der Waals surface area contributed by atoms with Crippen molar-refractivity contribution in [3.8, 4) is 5.75 Å². The van der Waals surface area contributed by atoms with Crippen molar-refractivity contribution in [2.75, 3.05) is 5.73 Å². The molecule has 4 nitrogen and oxygen atoms in total. The molecule has 5 N–H and O–H groups in total. The zero-order valence-electron chi connectivity index (χ0n) is 7.14. The SMILES string of the molecule is Nc1c(O)ccc2cc(B(O)O)sc12. The van der Waals surface area contributed by atoms with Crippen molar-refractivity contribution in [3.05, 3.63) is 18.2 Å². The van der Waals surface area contributed by atoms with Gasteiger partial charge in [0.05, 0.1) is 10.4 Å². The van der Waals surface area contributed by atoms with E-state index in [4.69, 9.17) is 15.8 Å².